The van der Waals surface area contributed by atoms with Crippen LogP contribution in [0.2, 0.25) is 0 Å². The topological polar surface area (TPSA) is 92.3 Å². The molecule has 6 nitrogen and oxygen atoms in total. The molecule has 0 amide bonds. The number of rotatable bonds is 18. The van der Waals surface area contributed by atoms with Crippen LogP contribution < -0.4 is 14.2 Å². The zero-order valence-corrected chi connectivity index (χ0v) is 25.9. The maximum atomic E-state index is 12.9. The minimum atomic E-state index is -0.608. The second-order valence-corrected chi connectivity index (χ2v) is 10.9. The average Bonchev–Trinajstić information content (AvgIpc) is 3.03. The van der Waals surface area contributed by atoms with E-state index in [4.69, 9.17) is 14.2 Å². The maximum absolute atomic E-state index is 12.9. The molecule has 1 atom stereocenters. The van der Waals surface area contributed by atoms with E-state index >= 15 is 0 Å². The number of carbonyl (C=O) groups excluding carboxylic acids is 1. The first kappa shape index (κ1) is 33.2. The summed E-state index contributed by atoms with van der Waals surface area (Å²) >= 11 is 0. The quantitative estimate of drug-likeness (QED) is 0.0844. The lowest BCUT2D eigenvalue weighted by Crippen LogP contribution is -2.14. The summed E-state index contributed by atoms with van der Waals surface area (Å²) in [6.07, 6.45) is 12.6. The van der Waals surface area contributed by atoms with Crippen molar-refractivity contribution in [1.29, 1.82) is 10.5 Å². The summed E-state index contributed by atoms with van der Waals surface area (Å²) in [5.74, 6) is 0.598. The summed E-state index contributed by atoms with van der Waals surface area (Å²) in [6.45, 7) is 7.07. The van der Waals surface area contributed by atoms with Crippen LogP contribution in [0.1, 0.15) is 113 Å². The van der Waals surface area contributed by atoms with E-state index in [1.807, 2.05) is 49.4 Å². The van der Waals surface area contributed by atoms with E-state index in [1.54, 1.807) is 18.2 Å². The normalized spacial score (nSPS) is 11.3. The van der Waals surface area contributed by atoms with Crippen LogP contribution in [-0.2, 0) is 0 Å². The molecule has 6 heteroatoms. The summed E-state index contributed by atoms with van der Waals surface area (Å²) < 4.78 is 17.4. The second kappa shape index (κ2) is 18.3. The molecule has 0 fully saturated rings. The molecule has 0 aliphatic heterocycles. The van der Waals surface area contributed by atoms with Gasteiger partial charge in [-0.2, -0.15) is 10.5 Å². The zero-order valence-electron chi connectivity index (χ0n) is 25.9. The van der Waals surface area contributed by atoms with Gasteiger partial charge in [-0.25, -0.2) is 4.79 Å². The molecule has 0 radical (unpaired) electrons. The highest BCUT2D eigenvalue weighted by Crippen LogP contribution is 2.31. The van der Waals surface area contributed by atoms with Gasteiger partial charge in [0, 0.05) is 0 Å². The highest BCUT2D eigenvalue weighted by atomic mass is 16.5. The van der Waals surface area contributed by atoms with Gasteiger partial charge in [0.2, 0.25) is 0 Å². The van der Waals surface area contributed by atoms with E-state index in [0.29, 0.717) is 11.3 Å². The summed E-state index contributed by atoms with van der Waals surface area (Å²) in [5, 5.41) is 19.6. The lowest BCUT2D eigenvalue weighted by atomic mass is 10.0. The Morgan fingerprint density at radius 3 is 1.86 bits per heavy atom. The van der Waals surface area contributed by atoms with E-state index in [-0.39, 0.29) is 23.0 Å². The number of nitrogens with zero attached hydrogens (tertiary/aromatic N) is 2. The summed E-state index contributed by atoms with van der Waals surface area (Å²) in [6, 6.07) is 22.2. The van der Waals surface area contributed by atoms with Crippen molar-refractivity contribution >= 4 is 5.97 Å². The van der Waals surface area contributed by atoms with Gasteiger partial charge >= 0.3 is 5.97 Å². The molecule has 0 saturated carbocycles. The van der Waals surface area contributed by atoms with Gasteiger partial charge in [-0.15, -0.1) is 0 Å². The Morgan fingerprint density at radius 2 is 1.23 bits per heavy atom. The van der Waals surface area contributed by atoms with Crippen molar-refractivity contribution in [3.05, 3.63) is 77.4 Å². The van der Waals surface area contributed by atoms with Gasteiger partial charge in [0.1, 0.15) is 34.8 Å². The Hall–Kier alpha value is -4.29. The molecule has 0 spiro atoms. The molecule has 0 heterocycles. The Morgan fingerprint density at radius 1 is 0.698 bits per heavy atom. The largest absolute Gasteiger partial charge is 0.494 e. The first-order valence-corrected chi connectivity index (χ1v) is 15.7. The minimum Gasteiger partial charge on any atom is -0.494 e. The van der Waals surface area contributed by atoms with Crippen molar-refractivity contribution in [3.63, 3.8) is 0 Å². The Kier molecular flexibility index (Phi) is 14.1. The van der Waals surface area contributed by atoms with E-state index < -0.39 is 5.97 Å². The second-order valence-electron chi connectivity index (χ2n) is 10.9. The van der Waals surface area contributed by atoms with Gasteiger partial charge < -0.3 is 14.2 Å². The molecule has 226 valence electrons. The first-order chi connectivity index (χ1) is 21.0. The van der Waals surface area contributed by atoms with Gasteiger partial charge in [-0.1, -0.05) is 89.5 Å². The minimum absolute atomic E-state index is 0.0121. The number of unbranched alkanes of at least 4 members (excludes halogenated alkanes) is 8. The third kappa shape index (κ3) is 10.5. The van der Waals surface area contributed by atoms with Crippen LogP contribution >= 0.6 is 0 Å². The predicted molar refractivity (Wildman–Crippen MR) is 170 cm³/mol. The molecule has 3 aromatic rings. The number of carbonyl (C=O) groups is 1. The monoisotopic (exact) mass is 580 g/mol. The van der Waals surface area contributed by atoms with E-state index in [0.717, 1.165) is 55.6 Å². The zero-order chi connectivity index (χ0) is 30.9. The molecule has 0 unspecified atom stereocenters. The molecule has 0 aromatic heterocycles. The third-order valence-corrected chi connectivity index (χ3v) is 7.42. The number of nitriles is 2. The molecule has 0 aliphatic carbocycles. The van der Waals surface area contributed by atoms with Gasteiger partial charge in [-0.3, -0.25) is 0 Å². The number of hydrogen-bond donors (Lipinski definition) is 0. The maximum Gasteiger partial charge on any atom is 0.343 e. The smallest absolute Gasteiger partial charge is 0.343 e. The van der Waals surface area contributed by atoms with Crippen molar-refractivity contribution < 1.29 is 19.0 Å². The average molecular weight is 581 g/mol. The van der Waals surface area contributed by atoms with Crippen LogP contribution in [-0.4, -0.2) is 18.7 Å². The molecule has 0 aliphatic rings. The summed E-state index contributed by atoms with van der Waals surface area (Å²) in [7, 11) is 0. The lowest BCUT2D eigenvalue weighted by Gasteiger charge is -2.17. The van der Waals surface area contributed by atoms with Crippen molar-refractivity contribution in [3.8, 4) is 40.5 Å². The van der Waals surface area contributed by atoms with Crippen LogP contribution in [0.25, 0.3) is 11.1 Å². The molecular formula is C37H44N2O4. The highest BCUT2D eigenvalue weighted by Gasteiger charge is 2.20. The lowest BCUT2D eigenvalue weighted by molar-refractivity contribution is 0.0734. The van der Waals surface area contributed by atoms with Gasteiger partial charge in [-0.05, 0) is 73.7 Å². The Balaban J connectivity index is 1.58. The van der Waals surface area contributed by atoms with Crippen LogP contribution in [0.4, 0.5) is 0 Å². The number of benzene rings is 3. The van der Waals surface area contributed by atoms with Crippen LogP contribution in [0.5, 0.6) is 17.2 Å². The van der Waals surface area contributed by atoms with Crippen molar-refractivity contribution in [2.45, 2.75) is 97.5 Å². The standard InChI is InChI=1S/C37H44N2O4/c1-4-6-8-10-11-13-25-41-32-21-19-30(20-22-32)29-15-17-31(18-16-29)37(40)43-36-24-23-35(33(26-38)34(36)27-39)42-28(3)14-12-9-7-5-2/h15-24,28H,4-14,25H2,1-3H3/t28-/m0/s1. The predicted octanol–water partition coefficient (Wildman–Crippen LogP) is 9.79. The highest BCUT2D eigenvalue weighted by molar-refractivity contribution is 5.92. The van der Waals surface area contributed by atoms with Crippen LogP contribution in [0, 0.1) is 22.7 Å². The summed E-state index contributed by atoms with van der Waals surface area (Å²) in [4.78, 5) is 12.9. The van der Waals surface area contributed by atoms with Crippen molar-refractivity contribution in [2.24, 2.45) is 0 Å². The fraction of sp³-hybridized carbons (Fsp3) is 0.432. The molecule has 0 N–H and O–H groups in total. The molecular weight excluding hydrogens is 536 g/mol. The van der Waals surface area contributed by atoms with Gasteiger partial charge in [0.15, 0.2) is 5.75 Å². The van der Waals surface area contributed by atoms with E-state index in [2.05, 4.69) is 19.9 Å². The van der Waals surface area contributed by atoms with Crippen molar-refractivity contribution in [2.75, 3.05) is 6.61 Å². The Labute approximate surface area is 257 Å². The van der Waals surface area contributed by atoms with Crippen LogP contribution in [0.15, 0.2) is 60.7 Å². The Bertz CT molecular complexity index is 1370. The third-order valence-electron chi connectivity index (χ3n) is 7.42. The number of ether oxygens (including phenoxy) is 3. The first-order valence-electron chi connectivity index (χ1n) is 15.7. The SMILES string of the molecule is CCCCCCCCOc1ccc(-c2ccc(C(=O)Oc3ccc(O[C@@H](C)CCCCCC)c(C#N)c3C#N)cc2)cc1. The molecule has 0 bridgehead atoms. The van der Waals surface area contributed by atoms with E-state index in [9.17, 15) is 15.3 Å². The number of esters is 1. The molecule has 3 aromatic carbocycles. The number of hydrogen-bond acceptors (Lipinski definition) is 6. The molecule has 43 heavy (non-hydrogen) atoms. The van der Waals surface area contributed by atoms with Crippen LogP contribution in [0.3, 0.4) is 0 Å². The fourth-order valence-electron chi connectivity index (χ4n) is 4.88. The van der Waals surface area contributed by atoms with Crippen molar-refractivity contribution in [1.82, 2.24) is 0 Å². The molecule has 3 rings (SSSR count). The van der Waals surface area contributed by atoms with E-state index in [1.165, 1.54) is 44.6 Å². The van der Waals surface area contributed by atoms with Gasteiger partial charge in [0.25, 0.3) is 0 Å². The summed E-state index contributed by atoms with van der Waals surface area (Å²) in [5.41, 5.74) is 2.36. The fourth-order valence-corrected chi connectivity index (χ4v) is 4.88. The molecule has 0 saturated heterocycles. The van der Waals surface area contributed by atoms with Gasteiger partial charge in [0.05, 0.1) is 18.3 Å².